The van der Waals surface area contributed by atoms with Crippen molar-refractivity contribution in [3.8, 4) is 0 Å². The van der Waals surface area contributed by atoms with Crippen molar-refractivity contribution in [2.24, 2.45) is 5.14 Å². The van der Waals surface area contributed by atoms with Gasteiger partial charge in [-0.05, 0) is 12.5 Å². The van der Waals surface area contributed by atoms with Gasteiger partial charge in [-0.2, -0.15) is 8.42 Å². The Morgan fingerprint density at radius 1 is 1.31 bits per heavy atom. The van der Waals surface area contributed by atoms with Crippen molar-refractivity contribution in [3.05, 3.63) is 35.4 Å². The second-order valence-corrected chi connectivity index (χ2v) is 3.96. The minimum atomic E-state index is -3.83. The number of hydrogen-bond donors (Lipinski definition) is 1. The van der Waals surface area contributed by atoms with Crippen LogP contribution in [0, 0.1) is 6.92 Å². The van der Waals surface area contributed by atoms with Crippen LogP contribution in [-0.4, -0.2) is 8.42 Å². The number of hydrogen-bond acceptors (Lipinski definition) is 3. The van der Waals surface area contributed by atoms with Crippen LogP contribution in [0.3, 0.4) is 0 Å². The minimum Gasteiger partial charge on any atom is -0.253 e. The maximum atomic E-state index is 10.4. The van der Waals surface area contributed by atoms with Gasteiger partial charge in [-0.25, -0.2) is 5.14 Å². The zero-order valence-corrected chi connectivity index (χ0v) is 8.04. The molecule has 1 aromatic rings. The van der Waals surface area contributed by atoms with Crippen LogP contribution < -0.4 is 5.14 Å². The minimum absolute atomic E-state index is 0.0148. The van der Waals surface area contributed by atoms with Crippen LogP contribution in [0.15, 0.2) is 24.3 Å². The SMILES string of the molecule is Cc1ccc(COS(N)(=O)=O)cc1. The van der Waals surface area contributed by atoms with Gasteiger partial charge in [-0.3, -0.25) is 4.18 Å². The van der Waals surface area contributed by atoms with Gasteiger partial charge in [0.05, 0.1) is 6.61 Å². The molecule has 0 aliphatic carbocycles. The van der Waals surface area contributed by atoms with Crippen LogP contribution in [0.2, 0.25) is 0 Å². The molecule has 1 aromatic carbocycles. The second-order valence-electron chi connectivity index (χ2n) is 2.74. The highest BCUT2D eigenvalue weighted by Crippen LogP contribution is 2.04. The van der Waals surface area contributed by atoms with Crippen LogP contribution in [0.5, 0.6) is 0 Å². The third-order valence-electron chi connectivity index (χ3n) is 1.51. The number of nitrogens with two attached hydrogens (primary N) is 1. The fraction of sp³-hybridized carbons (Fsp3) is 0.250. The summed E-state index contributed by atoms with van der Waals surface area (Å²) in [5.41, 5.74) is 1.89. The molecule has 0 amide bonds. The van der Waals surface area contributed by atoms with Crippen molar-refractivity contribution in [2.75, 3.05) is 0 Å². The summed E-state index contributed by atoms with van der Waals surface area (Å²) in [5, 5.41) is 4.66. The fourth-order valence-electron chi connectivity index (χ4n) is 0.834. The summed E-state index contributed by atoms with van der Waals surface area (Å²) >= 11 is 0. The Hall–Kier alpha value is -0.910. The Kier molecular flexibility index (Phi) is 3.02. The third kappa shape index (κ3) is 4.02. The first-order valence-electron chi connectivity index (χ1n) is 3.70. The molecule has 2 N–H and O–H groups in total. The van der Waals surface area contributed by atoms with Gasteiger partial charge in [-0.15, -0.1) is 0 Å². The number of aryl methyl sites for hydroxylation is 1. The van der Waals surface area contributed by atoms with E-state index in [-0.39, 0.29) is 6.61 Å². The summed E-state index contributed by atoms with van der Waals surface area (Å²) in [6, 6.07) is 7.34. The molecular formula is C8H11NO3S. The molecule has 0 atom stereocenters. The molecule has 0 heterocycles. The Morgan fingerprint density at radius 3 is 2.31 bits per heavy atom. The van der Waals surface area contributed by atoms with Gasteiger partial charge in [0, 0.05) is 0 Å². The van der Waals surface area contributed by atoms with Crippen molar-refractivity contribution in [3.63, 3.8) is 0 Å². The first kappa shape index (κ1) is 10.2. The van der Waals surface area contributed by atoms with Crippen LogP contribution >= 0.6 is 0 Å². The van der Waals surface area contributed by atoms with Gasteiger partial charge in [-0.1, -0.05) is 29.8 Å². The number of rotatable bonds is 3. The molecule has 0 saturated carbocycles. The predicted octanol–water partition coefficient (Wildman–Crippen LogP) is 0.715. The molecule has 0 aliphatic rings. The van der Waals surface area contributed by atoms with Gasteiger partial charge < -0.3 is 0 Å². The smallest absolute Gasteiger partial charge is 0.253 e. The van der Waals surface area contributed by atoms with E-state index in [1.807, 2.05) is 19.1 Å². The van der Waals surface area contributed by atoms with E-state index in [1.165, 1.54) is 0 Å². The molecule has 5 heteroatoms. The Balaban J connectivity index is 2.61. The van der Waals surface area contributed by atoms with Crippen LogP contribution in [-0.2, 0) is 21.1 Å². The van der Waals surface area contributed by atoms with E-state index >= 15 is 0 Å². The Bertz CT molecular complexity index is 369. The van der Waals surface area contributed by atoms with Crippen molar-refractivity contribution >= 4 is 10.3 Å². The summed E-state index contributed by atoms with van der Waals surface area (Å²) < 4.78 is 25.3. The van der Waals surface area contributed by atoms with Gasteiger partial charge in [0.25, 0.3) is 0 Å². The average molecular weight is 201 g/mol. The van der Waals surface area contributed by atoms with E-state index in [1.54, 1.807) is 12.1 Å². The first-order valence-corrected chi connectivity index (χ1v) is 5.17. The van der Waals surface area contributed by atoms with E-state index < -0.39 is 10.3 Å². The van der Waals surface area contributed by atoms with E-state index in [0.29, 0.717) is 0 Å². The zero-order chi connectivity index (χ0) is 9.90. The monoisotopic (exact) mass is 201 g/mol. The van der Waals surface area contributed by atoms with Crippen molar-refractivity contribution < 1.29 is 12.6 Å². The second kappa shape index (κ2) is 3.87. The van der Waals surface area contributed by atoms with Crippen molar-refractivity contribution in [1.82, 2.24) is 0 Å². The maximum absolute atomic E-state index is 10.4. The van der Waals surface area contributed by atoms with Crippen LogP contribution in [0.1, 0.15) is 11.1 Å². The number of benzene rings is 1. The fourth-order valence-corrected chi connectivity index (χ4v) is 1.13. The summed E-state index contributed by atoms with van der Waals surface area (Å²) in [6.07, 6.45) is 0. The van der Waals surface area contributed by atoms with E-state index in [2.05, 4.69) is 9.32 Å². The largest absolute Gasteiger partial charge is 0.333 e. The standard InChI is InChI=1S/C8H11NO3S/c1-7-2-4-8(5-3-7)6-12-13(9,10)11/h2-5H,6H2,1H3,(H2,9,10,11). The van der Waals surface area contributed by atoms with E-state index in [4.69, 9.17) is 0 Å². The van der Waals surface area contributed by atoms with E-state index in [9.17, 15) is 8.42 Å². The quantitative estimate of drug-likeness (QED) is 0.783. The Labute approximate surface area is 77.6 Å². The lowest BCUT2D eigenvalue weighted by atomic mass is 10.2. The molecule has 0 aliphatic heterocycles. The molecule has 0 bridgehead atoms. The maximum Gasteiger partial charge on any atom is 0.333 e. The Morgan fingerprint density at radius 2 is 1.85 bits per heavy atom. The summed E-state index contributed by atoms with van der Waals surface area (Å²) in [6.45, 7) is 1.93. The molecule has 4 nitrogen and oxygen atoms in total. The average Bonchev–Trinajstić information content (AvgIpc) is 2.02. The highest BCUT2D eigenvalue weighted by Gasteiger charge is 2.01. The predicted molar refractivity (Wildman–Crippen MR) is 49.1 cm³/mol. The topological polar surface area (TPSA) is 69.4 Å². The molecule has 0 unspecified atom stereocenters. The van der Waals surface area contributed by atoms with Gasteiger partial charge >= 0.3 is 10.3 Å². The summed E-state index contributed by atoms with van der Waals surface area (Å²) in [4.78, 5) is 0. The lowest BCUT2D eigenvalue weighted by Crippen LogP contribution is -2.15. The summed E-state index contributed by atoms with van der Waals surface area (Å²) in [7, 11) is -3.83. The van der Waals surface area contributed by atoms with Gasteiger partial charge in [0.15, 0.2) is 0 Å². The molecule has 0 spiro atoms. The van der Waals surface area contributed by atoms with Crippen LogP contribution in [0.25, 0.3) is 0 Å². The first-order chi connectivity index (χ1) is 5.97. The molecule has 1 rings (SSSR count). The van der Waals surface area contributed by atoms with Crippen molar-refractivity contribution in [2.45, 2.75) is 13.5 Å². The molecule has 72 valence electrons. The van der Waals surface area contributed by atoms with Crippen LogP contribution in [0.4, 0.5) is 0 Å². The van der Waals surface area contributed by atoms with E-state index in [0.717, 1.165) is 11.1 Å². The van der Waals surface area contributed by atoms with Crippen molar-refractivity contribution in [1.29, 1.82) is 0 Å². The molecule has 0 aromatic heterocycles. The highest BCUT2D eigenvalue weighted by molar-refractivity contribution is 7.84. The normalized spacial score (nSPS) is 11.5. The lowest BCUT2D eigenvalue weighted by molar-refractivity contribution is 0.308. The van der Waals surface area contributed by atoms with Gasteiger partial charge in [0.1, 0.15) is 0 Å². The third-order valence-corrected chi connectivity index (χ3v) is 1.96. The highest BCUT2D eigenvalue weighted by atomic mass is 32.2. The lowest BCUT2D eigenvalue weighted by Gasteiger charge is -2.01. The summed E-state index contributed by atoms with van der Waals surface area (Å²) in [5.74, 6) is 0. The molecule has 0 saturated heterocycles. The van der Waals surface area contributed by atoms with Gasteiger partial charge in [0.2, 0.25) is 0 Å². The zero-order valence-electron chi connectivity index (χ0n) is 7.23. The molecular weight excluding hydrogens is 190 g/mol. The molecule has 13 heavy (non-hydrogen) atoms. The molecule has 0 radical (unpaired) electrons. The molecule has 0 fully saturated rings.